The summed E-state index contributed by atoms with van der Waals surface area (Å²) in [6.07, 6.45) is 0. The molecule has 0 aromatic carbocycles. The first-order valence-electron chi connectivity index (χ1n) is 4.61. The molecule has 0 atom stereocenters. The van der Waals surface area contributed by atoms with Gasteiger partial charge in [-0.05, 0) is 6.92 Å². The molecule has 0 saturated heterocycles. The molecule has 5 heteroatoms. The molecule has 0 aromatic rings. The third-order valence-corrected chi connectivity index (χ3v) is 1.33. The zero-order chi connectivity index (χ0) is 10.6. The van der Waals surface area contributed by atoms with Gasteiger partial charge in [-0.3, -0.25) is 0 Å². The van der Waals surface area contributed by atoms with E-state index < -0.39 is 0 Å². The summed E-state index contributed by atoms with van der Waals surface area (Å²) in [5, 5.41) is 0. The molecule has 0 heterocycles. The summed E-state index contributed by atoms with van der Waals surface area (Å²) < 4.78 is 19.5. The molecule has 0 unspecified atom stereocenters. The molecule has 0 aromatic heterocycles. The van der Waals surface area contributed by atoms with E-state index in [4.69, 9.17) is 14.2 Å². The minimum atomic E-state index is -0.343. The van der Waals surface area contributed by atoms with Crippen molar-refractivity contribution in [1.82, 2.24) is 0 Å². The smallest absolute Gasteiger partial charge is 0.332 e. The highest BCUT2D eigenvalue weighted by Gasteiger charge is 2.00. The molecular formula is C12H30O5. The van der Waals surface area contributed by atoms with Crippen molar-refractivity contribution in [3.63, 3.8) is 0 Å². The zero-order valence-electron chi connectivity index (χ0n) is 8.78. The van der Waals surface area contributed by atoms with Gasteiger partial charge in [0.2, 0.25) is 0 Å². The lowest BCUT2D eigenvalue weighted by atomic mass is 10.7. The number of carbonyl (C=O) groups excluding carboxylic acids is 1. The number of hydrogen-bond acceptors (Lipinski definition) is 5. The predicted octanol–water partition coefficient (Wildman–Crippen LogP) is 2.14. The van der Waals surface area contributed by atoms with Crippen molar-refractivity contribution in [2.24, 2.45) is 0 Å². The second kappa shape index (κ2) is 20.7. The van der Waals surface area contributed by atoms with E-state index in [2.05, 4.69) is 4.74 Å². The third kappa shape index (κ3) is 21.2. The fraction of sp³-hybridized carbons (Fsp3) is 0.917. The Balaban J connectivity index is -0.000000282. The number of carbonyl (C=O) groups is 1. The summed E-state index contributed by atoms with van der Waals surface area (Å²) in [6, 6.07) is 0. The van der Waals surface area contributed by atoms with E-state index in [1.165, 1.54) is 0 Å². The maximum Gasteiger partial charge on any atom is 0.332 e. The van der Waals surface area contributed by atoms with E-state index in [1.807, 2.05) is 0 Å². The Labute approximate surface area is 106 Å². The second-order valence-electron chi connectivity index (χ2n) is 2.46. The summed E-state index contributed by atoms with van der Waals surface area (Å²) in [7, 11) is 1.61. The topological polar surface area (TPSA) is 54.0 Å². The number of esters is 1. The molecule has 0 rings (SSSR count). The highest BCUT2D eigenvalue weighted by Crippen LogP contribution is 1.83. The number of hydrogen-bond donors (Lipinski definition) is 0. The van der Waals surface area contributed by atoms with Gasteiger partial charge >= 0.3 is 5.97 Å². The third-order valence-electron chi connectivity index (χ3n) is 1.33. The van der Waals surface area contributed by atoms with Gasteiger partial charge in [0.15, 0.2) is 0 Å². The van der Waals surface area contributed by atoms with Gasteiger partial charge in [-0.25, -0.2) is 4.79 Å². The first-order chi connectivity index (χ1) is 6.81. The molecule has 17 heavy (non-hydrogen) atoms. The lowest BCUT2D eigenvalue weighted by molar-refractivity contribution is -0.148. The average Bonchev–Trinajstić information content (AvgIpc) is 2.17. The van der Waals surface area contributed by atoms with Crippen LogP contribution in [0, 0.1) is 0 Å². The Morgan fingerprint density at radius 3 is 2.00 bits per heavy atom. The van der Waals surface area contributed by atoms with Crippen LogP contribution in [0.1, 0.15) is 29.2 Å². The van der Waals surface area contributed by atoms with Crippen molar-refractivity contribution in [2.45, 2.75) is 29.2 Å². The van der Waals surface area contributed by atoms with E-state index in [0.29, 0.717) is 33.0 Å². The SMILES string of the molecule is C.C.C.CCOC(=O)COCCOCCOC. The van der Waals surface area contributed by atoms with Crippen LogP contribution in [-0.2, 0) is 23.7 Å². The van der Waals surface area contributed by atoms with Gasteiger partial charge in [0.25, 0.3) is 0 Å². The minimum absolute atomic E-state index is 0. The molecule has 0 saturated carbocycles. The summed E-state index contributed by atoms with van der Waals surface area (Å²) in [6.45, 7) is 4.09. The van der Waals surface area contributed by atoms with E-state index in [-0.39, 0.29) is 34.9 Å². The molecule has 0 aliphatic carbocycles. The van der Waals surface area contributed by atoms with E-state index in [9.17, 15) is 4.79 Å². The van der Waals surface area contributed by atoms with E-state index in [1.54, 1.807) is 14.0 Å². The van der Waals surface area contributed by atoms with Crippen LogP contribution < -0.4 is 0 Å². The van der Waals surface area contributed by atoms with Crippen molar-refractivity contribution in [2.75, 3.05) is 46.8 Å². The number of ether oxygens (including phenoxy) is 4. The Hall–Kier alpha value is -0.650. The van der Waals surface area contributed by atoms with Crippen molar-refractivity contribution in [1.29, 1.82) is 0 Å². The predicted molar refractivity (Wildman–Crippen MR) is 70.3 cm³/mol. The lowest BCUT2D eigenvalue weighted by Crippen LogP contribution is -2.15. The van der Waals surface area contributed by atoms with Gasteiger partial charge in [0.05, 0.1) is 33.0 Å². The molecule has 0 spiro atoms. The molecule has 5 nitrogen and oxygen atoms in total. The van der Waals surface area contributed by atoms with Gasteiger partial charge in [-0.1, -0.05) is 22.3 Å². The summed E-state index contributed by atoms with van der Waals surface area (Å²) >= 11 is 0. The number of methoxy groups -OCH3 is 1. The zero-order valence-corrected chi connectivity index (χ0v) is 8.78. The van der Waals surface area contributed by atoms with Crippen LogP contribution >= 0.6 is 0 Å². The van der Waals surface area contributed by atoms with Gasteiger partial charge < -0.3 is 18.9 Å². The lowest BCUT2D eigenvalue weighted by Gasteiger charge is -2.04. The van der Waals surface area contributed by atoms with Gasteiger partial charge in [0, 0.05) is 7.11 Å². The molecule has 0 fully saturated rings. The van der Waals surface area contributed by atoms with Crippen LogP contribution in [-0.4, -0.2) is 52.7 Å². The van der Waals surface area contributed by atoms with Crippen LogP contribution in [0.3, 0.4) is 0 Å². The van der Waals surface area contributed by atoms with Gasteiger partial charge in [-0.15, -0.1) is 0 Å². The normalized spacial score (nSPS) is 8.35. The first kappa shape index (κ1) is 25.3. The Morgan fingerprint density at radius 1 is 0.941 bits per heavy atom. The van der Waals surface area contributed by atoms with E-state index in [0.717, 1.165) is 0 Å². The van der Waals surface area contributed by atoms with Crippen molar-refractivity contribution in [3.8, 4) is 0 Å². The average molecular weight is 254 g/mol. The van der Waals surface area contributed by atoms with Crippen LogP contribution in [0.25, 0.3) is 0 Å². The first-order valence-corrected chi connectivity index (χ1v) is 4.61. The fourth-order valence-electron chi connectivity index (χ4n) is 0.720. The molecule has 0 aliphatic heterocycles. The van der Waals surface area contributed by atoms with Crippen molar-refractivity contribution >= 4 is 5.97 Å². The molecule has 0 aliphatic rings. The maximum atomic E-state index is 10.8. The molecule has 0 N–H and O–H groups in total. The summed E-state index contributed by atoms with van der Waals surface area (Å²) in [5.41, 5.74) is 0. The van der Waals surface area contributed by atoms with Gasteiger partial charge in [0.1, 0.15) is 6.61 Å². The standard InChI is InChI=1S/C9H18O5.3CH4/c1-3-14-9(10)8-13-7-6-12-5-4-11-2;;;/h3-8H2,1-2H3;3*1H4. The number of rotatable bonds is 9. The minimum Gasteiger partial charge on any atom is -0.464 e. The highest BCUT2D eigenvalue weighted by atomic mass is 16.6. The Kier molecular flexibility index (Phi) is 30.8. The Morgan fingerprint density at radius 2 is 1.47 bits per heavy atom. The molecular weight excluding hydrogens is 224 g/mol. The monoisotopic (exact) mass is 254 g/mol. The van der Waals surface area contributed by atoms with E-state index >= 15 is 0 Å². The Bertz CT molecular complexity index is 139. The fourth-order valence-corrected chi connectivity index (χ4v) is 0.720. The summed E-state index contributed by atoms with van der Waals surface area (Å²) in [4.78, 5) is 10.8. The van der Waals surface area contributed by atoms with Crippen molar-refractivity contribution in [3.05, 3.63) is 0 Å². The van der Waals surface area contributed by atoms with Gasteiger partial charge in [-0.2, -0.15) is 0 Å². The quantitative estimate of drug-likeness (QED) is 0.466. The van der Waals surface area contributed by atoms with Crippen LogP contribution in [0.15, 0.2) is 0 Å². The second-order valence-corrected chi connectivity index (χ2v) is 2.46. The maximum absolute atomic E-state index is 10.8. The van der Waals surface area contributed by atoms with Crippen LogP contribution in [0.5, 0.6) is 0 Å². The molecule has 0 bridgehead atoms. The molecule has 0 radical (unpaired) electrons. The molecule has 108 valence electrons. The van der Waals surface area contributed by atoms with Crippen LogP contribution in [0.4, 0.5) is 0 Å². The van der Waals surface area contributed by atoms with Crippen LogP contribution in [0.2, 0.25) is 0 Å². The van der Waals surface area contributed by atoms with Crippen molar-refractivity contribution < 1.29 is 23.7 Å². The highest BCUT2D eigenvalue weighted by molar-refractivity contribution is 5.70. The largest absolute Gasteiger partial charge is 0.464 e. The molecule has 0 amide bonds. The summed E-state index contributed by atoms with van der Waals surface area (Å²) in [5.74, 6) is -0.343.